The topological polar surface area (TPSA) is 114 Å². The molecule has 0 aromatic carbocycles. The summed E-state index contributed by atoms with van der Waals surface area (Å²) in [5.41, 5.74) is -1.78. The second-order valence-electron chi connectivity index (χ2n) is 4.29. The van der Waals surface area contributed by atoms with Gasteiger partial charge in [-0.2, -0.15) is 0 Å². The van der Waals surface area contributed by atoms with Crippen LogP contribution < -0.4 is 5.32 Å². The molecule has 2 N–H and O–H groups in total. The predicted molar refractivity (Wildman–Crippen MR) is 67.5 cm³/mol. The van der Waals surface area contributed by atoms with Crippen LogP contribution in [0.1, 0.15) is 17.0 Å². The summed E-state index contributed by atoms with van der Waals surface area (Å²) in [6.45, 7) is 0. The standard InChI is InChI=1S/C10H10BrNO6S/c11-7-2-1-6(18-7)8(13)12-10(9(14)15)3-4-19(16,17)5-10/h1-2H,3-5H2,(H,12,13)(H,14,15). The van der Waals surface area contributed by atoms with Gasteiger partial charge in [0.2, 0.25) is 0 Å². The summed E-state index contributed by atoms with van der Waals surface area (Å²) in [4.78, 5) is 23.1. The van der Waals surface area contributed by atoms with Crippen molar-refractivity contribution in [3.05, 3.63) is 22.6 Å². The van der Waals surface area contributed by atoms with Crippen LogP contribution in [0.4, 0.5) is 0 Å². The lowest BCUT2D eigenvalue weighted by molar-refractivity contribution is -0.143. The van der Waals surface area contributed by atoms with Gasteiger partial charge in [-0.25, -0.2) is 13.2 Å². The molecule has 1 aromatic rings. The number of nitrogens with one attached hydrogen (secondary N) is 1. The molecule has 19 heavy (non-hydrogen) atoms. The maximum Gasteiger partial charge on any atom is 0.330 e. The zero-order valence-electron chi connectivity index (χ0n) is 9.55. The molecule has 9 heteroatoms. The first-order valence-corrected chi connectivity index (χ1v) is 7.87. The van der Waals surface area contributed by atoms with E-state index >= 15 is 0 Å². The summed E-state index contributed by atoms with van der Waals surface area (Å²) in [6.07, 6.45) is -0.154. The number of rotatable bonds is 3. The summed E-state index contributed by atoms with van der Waals surface area (Å²) in [5.74, 6) is -3.08. The van der Waals surface area contributed by atoms with Crippen molar-refractivity contribution in [3.8, 4) is 0 Å². The molecule has 0 saturated carbocycles. The Bertz CT molecular complexity index is 636. The van der Waals surface area contributed by atoms with E-state index in [1.54, 1.807) is 0 Å². The molecule has 2 heterocycles. The second-order valence-corrected chi connectivity index (χ2v) is 7.25. The molecular weight excluding hydrogens is 342 g/mol. The fraction of sp³-hybridized carbons (Fsp3) is 0.400. The molecule has 1 aliphatic heterocycles. The van der Waals surface area contributed by atoms with E-state index in [1.807, 2.05) is 0 Å². The number of sulfone groups is 1. The summed E-state index contributed by atoms with van der Waals surface area (Å²) in [7, 11) is -3.46. The quantitative estimate of drug-likeness (QED) is 0.815. The van der Waals surface area contributed by atoms with Crippen molar-refractivity contribution >= 4 is 37.6 Å². The Labute approximate surface area is 117 Å². The minimum atomic E-state index is -3.46. The molecule has 1 amide bonds. The molecule has 7 nitrogen and oxygen atoms in total. The van der Waals surface area contributed by atoms with Gasteiger partial charge in [0.1, 0.15) is 0 Å². The minimum Gasteiger partial charge on any atom is -0.479 e. The average Bonchev–Trinajstić information content (AvgIpc) is 2.84. The third-order valence-corrected chi connectivity index (χ3v) is 5.05. The van der Waals surface area contributed by atoms with Crippen LogP contribution in [-0.2, 0) is 14.6 Å². The highest BCUT2D eigenvalue weighted by Crippen LogP contribution is 2.25. The maximum atomic E-state index is 11.9. The van der Waals surface area contributed by atoms with E-state index in [-0.39, 0.29) is 17.9 Å². The average molecular weight is 352 g/mol. The van der Waals surface area contributed by atoms with E-state index in [0.717, 1.165) is 0 Å². The van der Waals surface area contributed by atoms with Crippen LogP contribution in [0.25, 0.3) is 0 Å². The first-order chi connectivity index (χ1) is 8.74. The van der Waals surface area contributed by atoms with Gasteiger partial charge in [0.25, 0.3) is 5.91 Å². The Balaban J connectivity index is 2.24. The number of carbonyl (C=O) groups is 2. The van der Waals surface area contributed by atoms with Gasteiger partial charge < -0.3 is 14.8 Å². The second kappa shape index (κ2) is 4.64. The lowest BCUT2D eigenvalue weighted by atomic mass is 9.99. The molecule has 1 saturated heterocycles. The van der Waals surface area contributed by atoms with Gasteiger partial charge >= 0.3 is 5.97 Å². The SMILES string of the molecule is O=C(NC1(C(=O)O)CCS(=O)(=O)C1)c1ccc(Br)o1. The number of amides is 1. The third kappa shape index (κ3) is 2.81. The first-order valence-electron chi connectivity index (χ1n) is 5.26. The van der Waals surface area contributed by atoms with Crippen molar-refractivity contribution in [2.24, 2.45) is 0 Å². The number of hydrogen-bond acceptors (Lipinski definition) is 5. The van der Waals surface area contributed by atoms with Gasteiger partial charge in [-0.15, -0.1) is 0 Å². The van der Waals surface area contributed by atoms with Crippen molar-refractivity contribution < 1.29 is 27.5 Å². The molecule has 1 fully saturated rings. The van der Waals surface area contributed by atoms with Gasteiger partial charge in [0, 0.05) is 0 Å². The molecule has 1 aromatic heterocycles. The van der Waals surface area contributed by atoms with Crippen molar-refractivity contribution in [1.29, 1.82) is 0 Å². The van der Waals surface area contributed by atoms with Crippen molar-refractivity contribution in [2.45, 2.75) is 12.0 Å². The highest BCUT2D eigenvalue weighted by Gasteiger charge is 2.50. The van der Waals surface area contributed by atoms with Gasteiger partial charge in [0.05, 0.1) is 11.5 Å². The highest BCUT2D eigenvalue weighted by molar-refractivity contribution is 9.10. The van der Waals surface area contributed by atoms with E-state index in [2.05, 4.69) is 21.2 Å². The highest BCUT2D eigenvalue weighted by atomic mass is 79.9. The first kappa shape index (κ1) is 14.1. The Morgan fingerprint density at radius 3 is 2.53 bits per heavy atom. The number of carboxylic acids is 1. The Morgan fingerprint density at radius 1 is 1.42 bits per heavy atom. The zero-order chi connectivity index (χ0) is 14.3. The molecule has 1 atom stereocenters. The number of carbonyl (C=O) groups excluding carboxylic acids is 1. The molecule has 0 aliphatic carbocycles. The molecule has 1 aliphatic rings. The van der Waals surface area contributed by atoms with Crippen LogP contribution in [0, 0.1) is 0 Å². The molecule has 2 rings (SSSR count). The summed E-state index contributed by atoms with van der Waals surface area (Å²) in [6, 6.07) is 2.84. The van der Waals surface area contributed by atoms with E-state index in [1.165, 1.54) is 12.1 Å². The Morgan fingerprint density at radius 2 is 2.11 bits per heavy atom. The summed E-state index contributed by atoms with van der Waals surface area (Å²) < 4.78 is 28.2. The Hall–Kier alpha value is -1.35. The molecule has 0 spiro atoms. The number of carboxylic acid groups (broad SMARTS) is 1. The summed E-state index contributed by atoms with van der Waals surface area (Å²) >= 11 is 3.01. The molecular formula is C10H10BrNO6S. The number of halogens is 1. The van der Waals surface area contributed by atoms with Gasteiger partial charge in [0.15, 0.2) is 25.8 Å². The van der Waals surface area contributed by atoms with Crippen molar-refractivity contribution in [3.63, 3.8) is 0 Å². The van der Waals surface area contributed by atoms with Crippen LogP contribution in [0.5, 0.6) is 0 Å². The lowest BCUT2D eigenvalue weighted by Crippen LogP contribution is -2.55. The monoisotopic (exact) mass is 351 g/mol. The van der Waals surface area contributed by atoms with Crippen LogP contribution in [0.3, 0.4) is 0 Å². The summed E-state index contributed by atoms with van der Waals surface area (Å²) in [5, 5.41) is 11.4. The number of hydrogen-bond donors (Lipinski definition) is 2. The molecule has 104 valence electrons. The number of furan rings is 1. The van der Waals surface area contributed by atoms with Gasteiger partial charge in [-0.3, -0.25) is 4.79 Å². The lowest BCUT2D eigenvalue weighted by Gasteiger charge is -2.23. The van der Waals surface area contributed by atoms with Crippen LogP contribution in [-0.4, -0.2) is 42.4 Å². The fourth-order valence-corrected chi connectivity index (χ4v) is 4.09. The minimum absolute atomic E-state index is 0.0863. The van der Waals surface area contributed by atoms with E-state index in [9.17, 15) is 23.1 Å². The van der Waals surface area contributed by atoms with Crippen LogP contribution in [0.2, 0.25) is 0 Å². The third-order valence-electron chi connectivity index (χ3n) is 2.87. The molecule has 0 bridgehead atoms. The Kier molecular flexibility index (Phi) is 3.43. The normalized spacial score (nSPS) is 25.1. The molecule has 1 unspecified atom stereocenters. The van der Waals surface area contributed by atoms with Crippen molar-refractivity contribution in [2.75, 3.05) is 11.5 Å². The van der Waals surface area contributed by atoms with Gasteiger partial charge in [-0.05, 0) is 34.5 Å². The number of aliphatic carboxylic acids is 1. The predicted octanol–water partition coefficient (Wildman–Crippen LogP) is 0.414. The van der Waals surface area contributed by atoms with E-state index in [0.29, 0.717) is 4.67 Å². The zero-order valence-corrected chi connectivity index (χ0v) is 12.0. The maximum absolute atomic E-state index is 11.9. The smallest absolute Gasteiger partial charge is 0.330 e. The van der Waals surface area contributed by atoms with Gasteiger partial charge in [-0.1, -0.05) is 0 Å². The molecule has 0 radical (unpaired) electrons. The largest absolute Gasteiger partial charge is 0.479 e. The van der Waals surface area contributed by atoms with E-state index in [4.69, 9.17) is 4.42 Å². The van der Waals surface area contributed by atoms with Crippen LogP contribution >= 0.6 is 15.9 Å². The van der Waals surface area contributed by atoms with Crippen molar-refractivity contribution in [1.82, 2.24) is 5.32 Å². The van der Waals surface area contributed by atoms with Crippen LogP contribution in [0.15, 0.2) is 21.2 Å². The van der Waals surface area contributed by atoms with E-state index < -0.39 is 33.0 Å². The fourth-order valence-electron chi connectivity index (χ4n) is 1.89.